The van der Waals surface area contributed by atoms with Gasteiger partial charge in [-0.15, -0.1) is 4.67 Å². The smallest absolute Gasteiger partial charge is 0.368 e. The van der Waals surface area contributed by atoms with E-state index in [1.165, 1.54) is 6.92 Å². The molecule has 1 N–H and O–H groups in total. The molecule has 2 unspecified atom stereocenters. The van der Waals surface area contributed by atoms with E-state index >= 15 is 0 Å². The van der Waals surface area contributed by atoms with Crippen LogP contribution in [-0.2, 0) is 18.9 Å². The highest BCUT2D eigenvalue weighted by molar-refractivity contribution is 7.51. The van der Waals surface area contributed by atoms with E-state index in [0.29, 0.717) is 0 Å². The van der Waals surface area contributed by atoms with Crippen molar-refractivity contribution in [3.8, 4) is 0 Å². The number of quaternary nitrogens is 1. The Balaban J connectivity index is 4.43. The molecule has 0 fully saturated rings. The van der Waals surface area contributed by atoms with Gasteiger partial charge in [-0.3, -0.25) is 4.89 Å². The molecule has 0 aromatic heterocycles. The summed E-state index contributed by atoms with van der Waals surface area (Å²) in [5.41, 5.74) is -0.00825. The maximum atomic E-state index is 11.4. The van der Waals surface area contributed by atoms with Crippen molar-refractivity contribution in [1.82, 2.24) is 0 Å². The van der Waals surface area contributed by atoms with E-state index in [2.05, 4.69) is 16.1 Å². The van der Waals surface area contributed by atoms with Crippen molar-refractivity contribution < 1.29 is 33.4 Å². The van der Waals surface area contributed by atoms with Crippen LogP contribution in [0, 0.1) is 0 Å². The molecular formula is C9H18NO6P. The minimum Gasteiger partial charge on any atom is -0.774 e. The van der Waals surface area contributed by atoms with Gasteiger partial charge in [-0.2, -0.15) is 0 Å². The van der Waals surface area contributed by atoms with Gasteiger partial charge in [-0.1, -0.05) is 6.58 Å². The second-order valence-corrected chi connectivity index (χ2v) is 6.54. The first kappa shape index (κ1) is 16.3. The number of nitrogens with zero attached hydrogens (tertiary/aromatic N) is 1. The minimum atomic E-state index is -4.67. The summed E-state index contributed by atoms with van der Waals surface area (Å²) in [6, 6.07) is 0. The molecule has 0 bridgehead atoms. The molecule has 0 aliphatic rings. The third-order valence-corrected chi connectivity index (χ3v) is 2.82. The highest BCUT2D eigenvalue weighted by atomic mass is 31.2. The van der Waals surface area contributed by atoms with Gasteiger partial charge in [0, 0.05) is 5.57 Å². The fraction of sp³-hybridized carbons (Fsp3) is 0.667. The van der Waals surface area contributed by atoms with Gasteiger partial charge < -0.3 is 19.0 Å². The van der Waals surface area contributed by atoms with Crippen LogP contribution in [0.25, 0.3) is 0 Å². The maximum Gasteiger partial charge on any atom is 0.368 e. The van der Waals surface area contributed by atoms with Gasteiger partial charge in [0.25, 0.3) is 0 Å². The Morgan fingerprint density at radius 1 is 1.53 bits per heavy atom. The largest absolute Gasteiger partial charge is 0.774 e. The lowest BCUT2D eigenvalue weighted by Crippen LogP contribution is -2.42. The lowest BCUT2D eigenvalue weighted by atomic mass is 10.4. The van der Waals surface area contributed by atoms with Crippen molar-refractivity contribution in [2.24, 2.45) is 0 Å². The van der Waals surface area contributed by atoms with E-state index < -0.39 is 19.4 Å². The first-order chi connectivity index (χ1) is 7.46. The normalized spacial score (nSPS) is 17.1. The fourth-order valence-electron chi connectivity index (χ4n) is 0.796. The van der Waals surface area contributed by atoms with Crippen LogP contribution in [0.5, 0.6) is 0 Å². The molecule has 0 spiro atoms. The van der Waals surface area contributed by atoms with Crippen LogP contribution < -0.4 is 4.89 Å². The maximum absolute atomic E-state index is 11.4. The van der Waals surface area contributed by atoms with Crippen molar-refractivity contribution in [2.45, 2.75) is 12.8 Å². The molecule has 0 aromatic rings. The zero-order valence-electron chi connectivity index (χ0n) is 10.4. The van der Waals surface area contributed by atoms with E-state index in [1.54, 1.807) is 21.1 Å². The van der Waals surface area contributed by atoms with Gasteiger partial charge in [-0.25, -0.2) is 4.79 Å². The van der Waals surface area contributed by atoms with Crippen LogP contribution in [0.3, 0.4) is 0 Å². The Labute approximate surface area is 100 Å². The summed E-state index contributed by atoms with van der Waals surface area (Å²) in [4.78, 5) is 26.3. The number of likely N-dealkylation sites (N-methyl/N-ethyl adjacent to an activating group) is 1. The number of aliphatic hydroxyl groups is 1. The van der Waals surface area contributed by atoms with Gasteiger partial charge >= 0.3 is 5.97 Å². The monoisotopic (exact) mass is 267 g/mol. The summed E-state index contributed by atoms with van der Waals surface area (Å²) in [5.74, 6) is -2.75. The summed E-state index contributed by atoms with van der Waals surface area (Å²) in [6.45, 7) is 4.49. The van der Waals surface area contributed by atoms with Crippen LogP contribution in [-0.4, -0.2) is 49.1 Å². The van der Waals surface area contributed by atoms with E-state index in [9.17, 15) is 19.4 Å². The number of aliphatic hydroxyl groups excluding tert-OH is 1. The van der Waals surface area contributed by atoms with Gasteiger partial charge in [0.2, 0.25) is 7.60 Å². The van der Waals surface area contributed by atoms with Crippen molar-refractivity contribution >= 4 is 13.6 Å². The van der Waals surface area contributed by atoms with Gasteiger partial charge in [-0.05, 0) is 6.92 Å². The summed E-state index contributed by atoms with van der Waals surface area (Å²) in [5, 5.41) is 9.43. The molecule has 0 radical (unpaired) electrons. The standard InChI is InChI=1S/C9H18NO6P/c1-7(2)9(12)15-16-17(13,14)8(11)6-10(3,4)5/h8,11H,1,6H2,2-5H3. The Hall–Kier alpha value is -0.720. The Morgan fingerprint density at radius 3 is 2.35 bits per heavy atom. The number of hydrogen-bond acceptors (Lipinski definition) is 6. The first-order valence-electron chi connectivity index (χ1n) is 4.81. The molecule has 2 atom stereocenters. The molecular weight excluding hydrogens is 249 g/mol. The molecule has 0 aliphatic heterocycles. The summed E-state index contributed by atoms with van der Waals surface area (Å²) in [7, 11) is 0.425. The molecule has 100 valence electrons. The van der Waals surface area contributed by atoms with Crippen LogP contribution in [0.2, 0.25) is 0 Å². The summed E-state index contributed by atoms with van der Waals surface area (Å²) >= 11 is 0. The average molecular weight is 267 g/mol. The van der Waals surface area contributed by atoms with E-state index in [-0.39, 0.29) is 16.6 Å². The number of rotatable bonds is 6. The average Bonchev–Trinajstić information content (AvgIpc) is 2.11. The van der Waals surface area contributed by atoms with E-state index in [0.717, 1.165) is 0 Å². The fourth-order valence-corrected chi connectivity index (χ4v) is 1.76. The molecule has 0 saturated carbocycles. The SMILES string of the molecule is C=C(C)C(=O)OOP(=O)([O-])C(O)C[N+](C)(C)C. The third kappa shape index (κ3) is 6.55. The predicted octanol–water partition coefficient (Wildman–Crippen LogP) is -0.385. The second-order valence-electron chi connectivity index (χ2n) is 4.72. The third-order valence-electron chi connectivity index (χ3n) is 1.64. The van der Waals surface area contributed by atoms with Crippen LogP contribution in [0.4, 0.5) is 0 Å². The molecule has 17 heavy (non-hydrogen) atoms. The van der Waals surface area contributed by atoms with Crippen LogP contribution in [0.1, 0.15) is 6.92 Å². The highest BCUT2D eigenvalue weighted by Gasteiger charge is 2.29. The summed E-state index contributed by atoms with van der Waals surface area (Å²) < 4.78 is 15.6. The molecule has 0 aliphatic carbocycles. The molecule has 0 aromatic carbocycles. The zero-order valence-corrected chi connectivity index (χ0v) is 11.3. The Morgan fingerprint density at radius 2 is 2.00 bits per heavy atom. The topological polar surface area (TPSA) is 95.9 Å². The van der Waals surface area contributed by atoms with Crippen molar-refractivity contribution in [1.29, 1.82) is 0 Å². The van der Waals surface area contributed by atoms with Crippen LogP contribution >= 0.6 is 7.60 Å². The van der Waals surface area contributed by atoms with Gasteiger partial charge in [0.1, 0.15) is 6.54 Å². The van der Waals surface area contributed by atoms with Crippen molar-refractivity contribution in [2.75, 3.05) is 27.7 Å². The van der Waals surface area contributed by atoms with Gasteiger partial charge in [0.15, 0.2) is 5.85 Å². The van der Waals surface area contributed by atoms with Gasteiger partial charge in [0.05, 0.1) is 21.1 Å². The molecule has 7 nitrogen and oxygen atoms in total. The lowest BCUT2D eigenvalue weighted by molar-refractivity contribution is -0.872. The summed E-state index contributed by atoms with van der Waals surface area (Å²) in [6.07, 6.45) is 0. The highest BCUT2D eigenvalue weighted by Crippen LogP contribution is 2.42. The van der Waals surface area contributed by atoms with Crippen molar-refractivity contribution in [3.63, 3.8) is 0 Å². The van der Waals surface area contributed by atoms with E-state index in [4.69, 9.17) is 0 Å². The number of carbonyl (C=O) groups excluding carboxylic acids is 1. The van der Waals surface area contributed by atoms with Crippen LogP contribution in [0.15, 0.2) is 12.2 Å². The van der Waals surface area contributed by atoms with Crippen molar-refractivity contribution in [3.05, 3.63) is 12.2 Å². The minimum absolute atomic E-state index is 0.00825. The number of carbonyl (C=O) groups is 1. The molecule has 0 rings (SSSR count). The Kier molecular flexibility index (Phi) is 5.51. The zero-order chi connectivity index (χ0) is 13.9. The first-order valence-corrected chi connectivity index (χ1v) is 6.42. The number of hydrogen-bond donors (Lipinski definition) is 1. The Bertz CT molecular complexity index is 348. The molecule has 0 heterocycles. The predicted molar refractivity (Wildman–Crippen MR) is 58.5 cm³/mol. The lowest BCUT2D eigenvalue weighted by Gasteiger charge is -2.32. The quantitative estimate of drug-likeness (QED) is 0.231. The second kappa shape index (κ2) is 5.75. The van der Waals surface area contributed by atoms with E-state index in [1.807, 2.05) is 0 Å². The molecule has 0 amide bonds. The molecule has 0 saturated heterocycles. The molecule has 8 heteroatoms.